The number of benzene rings is 1. The molecular weight excluding hydrogens is 409 g/mol. The van der Waals surface area contributed by atoms with E-state index in [1.165, 1.54) is 12.1 Å². The molecular formula is C24H24FN5O2. The van der Waals surface area contributed by atoms with E-state index in [2.05, 4.69) is 20.6 Å². The number of pyridine rings is 1. The Hall–Kier alpha value is -3.81. The van der Waals surface area contributed by atoms with Crippen molar-refractivity contribution in [2.24, 2.45) is 0 Å². The first-order valence-corrected chi connectivity index (χ1v) is 10.4. The molecule has 0 unspecified atom stereocenters. The fraction of sp³-hybridized carbons (Fsp3) is 0.250. The largest absolute Gasteiger partial charge is 0.361 e. The third-order valence-corrected chi connectivity index (χ3v) is 5.38. The van der Waals surface area contributed by atoms with Crippen LogP contribution in [0.15, 0.2) is 59.5 Å². The molecule has 7 nitrogen and oxygen atoms in total. The van der Waals surface area contributed by atoms with Gasteiger partial charge in [0.25, 0.3) is 0 Å². The second-order valence-corrected chi connectivity index (χ2v) is 7.53. The van der Waals surface area contributed by atoms with Crippen LogP contribution in [0.3, 0.4) is 0 Å². The molecule has 1 aromatic carbocycles. The Morgan fingerprint density at radius 1 is 1.09 bits per heavy atom. The van der Waals surface area contributed by atoms with E-state index < -0.39 is 0 Å². The zero-order valence-electron chi connectivity index (χ0n) is 18.0. The lowest BCUT2D eigenvalue weighted by Gasteiger charge is -2.11. The molecule has 4 rings (SSSR count). The van der Waals surface area contributed by atoms with Crippen LogP contribution in [0, 0.1) is 19.7 Å². The maximum atomic E-state index is 13.5. The first-order valence-electron chi connectivity index (χ1n) is 10.4. The minimum atomic E-state index is -0.296. The predicted molar refractivity (Wildman–Crippen MR) is 118 cm³/mol. The molecule has 0 aliphatic carbocycles. The lowest BCUT2D eigenvalue weighted by atomic mass is 10.0. The summed E-state index contributed by atoms with van der Waals surface area (Å²) in [4.78, 5) is 16.4. The van der Waals surface area contributed by atoms with Crippen molar-refractivity contribution < 1.29 is 13.7 Å². The predicted octanol–water partition coefficient (Wildman–Crippen LogP) is 4.11. The van der Waals surface area contributed by atoms with Crippen LogP contribution in [0.25, 0.3) is 22.4 Å². The summed E-state index contributed by atoms with van der Waals surface area (Å²) in [5.41, 5.74) is 5.40. The Bertz CT molecular complexity index is 1180. The van der Waals surface area contributed by atoms with Gasteiger partial charge in [0.15, 0.2) is 0 Å². The van der Waals surface area contributed by atoms with Crippen LogP contribution in [0.1, 0.15) is 23.4 Å². The van der Waals surface area contributed by atoms with E-state index in [1.54, 1.807) is 30.7 Å². The normalized spacial score (nSPS) is 11.0. The summed E-state index contributed by atoms with van der Waals surface area (Å²) in [6, 6.07) is 10.1. The monoisotopic (exact) mass is 433 g/mol. The first-order chi connectivity index (χ1) is 15.5. The van der Waals surface area contributed by atoms with Crippen LogP contribution in [0.5, 0.6) is 0 Å². The van der Waals surface area contributed by atoms with E-state index in [4.69, 9.17) is 4.52 Å². The molecule has 0 bridgehead atoms. The minimum Gasteiger partial charge on any atom is -0.361 e. The van der Waals surface area contributed by atoms with Crippen molar-refractivity contribution in [2.75, 3.05) is 6.54 Å². The molecule has 8 heteroatoms. The van der Waals surface area contributed by atoms with Gasteiger partial charge in [0.05, 0.1) is 24.1 Å². The van der Waals surface area contributed by atoms with Crippen LogP contribution < -0.4 is 5.32 Å². The van der Waals surface area contributed by atoms with Crippen molar-refractivity contribution in [1.82, 2.24) is 25.2 Å². The lowest BCUT2D eigenvalue weighted by Crippen LogP contribution is -2.28. The molecule has 1 amide bonds. The topological polar surface area (TPSA) is 85.8 Å². The molecule has 0 fully saturated rings. The number of amides is 1. The van der Waals surface area contributed by atoms with Gasteiger partial charge in [-0.2, -0.15) is 5.10 Å². The van der Waals surface area contributed by atoms with Gasteiger partial charge < -0.3 is 9.84 Å². The average Bonchev–Trinajstić information content (AvgIpc) is 3.36. The van der Waals surface area contributed by atoms with Crippen molar-refractivity contribution in [3.63, 3.8) is 0 Å². The van der Waals surface area contributed by atoms with Crippen molar-refractivity contribution in [1.29, 1.82) is 0 Å². The van der Waals surface area contributed by atoms with E-state index in [-0.39, 0.29) is 11.7 Å². The summed E-state index contributed by atoms with van der Waals surface area (Å²) >= 11 is 0. The molecule has 0 aliphatic heterocycles. The van der Waals surface area contributed by atoms with Crippen LogP contribution in [0.4, 0.5) is 4.39 Å². The smallest absolute Gasteiger partial charge is 0.220 e. The first kappa shape index (κ1) is 21.4. The third-order valence-electron chi connectivity index (χ3n) is 5.38. The molecule has 3 aromatic heterocycles. The van der Waals surface area contributed by atoms with Gasteiger partial charge in [-0.1, -0.05) is 5.16 Å². The lowest BCUT2D eigenvalue weighted by molar-refractivity contribution is -0.121. The Kier molecular flexibility index (Phi) is 6.39. The number of hydrogen-bond acceptors (Lipinski definition) is 5. The molecule has 0 spiro atoms. The van der Waals surface area contributed by atoms with Crippen molar-refractivity contribution in [3.05, 3.63) is 77.8 Å². The highest BCUT2D eigenvalue weighted by molar-refractivity contribution is 5.80. The number of nitrogens with zero attached hydrogens (tertiary/aromatic N) is 4. The van der Waals surface area contributed by atoms with Crippen molar-refractivity contribution in [3.8, 4) is 22.4 Å². The number of rotatable bonds is 8. The molecule has 3 heterocycles. The second-order valence-electron chi connectivity index (χ2n) is 7.53. The number of aryl methyl sites for hydroxylation is 2. The zero-order valence-corrected chi connectivity index (χ0v) is 18.0. The van der Waals surface area contributed by atoms with Gasteiger partial charge >= 0.3 is 0 Å². The summed E-state index contributed by atoms with van der Waals surface area (Å²) in [6.45, 7) is 4.63. The quantitative estimate of drug-likeness (QED) is 0.452. The van der Waals surface area contributed by atoms with Gasteiger partial charge in [0, 0.05) is 42.0 Å². The molecule has 0 radical (unpaired) electrons. The molecule has 4 aromatic rings. The molecule has 0 aliphatic rings. The fourth-order valence-electron chi connectivity index (χ4n) is 3.70. The Balaban J connectivity index is 1.46. The number of carbonyl (C=O) groups excluding carboxylic acids is 1. The van der Waals surface area contributed by atoms with Crippen molar-refractivity contribution >= 4 is 5.91 Å². The number of hydrogen-bond donors (Lipinski definition) is 1. The average molecular weight is 433 g/mol. The minimum absolute atomic E-state index is 0.0464. The highest BCUT2D eigenvalue weighted by Crippen LogP contribution is 2.31. The highest BCUT2D eigenvalue weighted by atomic mass is 19.1. The summed E-state index contributed by atoms with van der Waals surface area (Å²) in [5.74, 6) is 0.408. The highest BCUT2D eigenvalue weighted by Gasteiger charge is 2.16. The molecule has 0 saturated carbocycles. The van der Waals surface area contributed by atoms with E-state index >= 15 is 0 Å². The van der Waals surface area contributed by atoms with Gasteiger partial charge in [0.1, 0.15) is 11.6 Å². The maximum Gasteiger partial charge on any atom is 0.220 e. The van der Waals surface area contributed by atoms with Crippen LogP contribution >= 0.6 is 0 Å². The molecule has 164 valence electrons. The Morgan fingerprint density at radius 3 is 2.53 bits per heavy atom. The molecule has 1 N–H and O–H groups in total. The number of aromatic nitrogens is 4. The number of carbonyl (C=O) groups is 1. The van der Waals surface area contributed by atoms with Gasteiger partial charge in [-0.15, -0.1) is 0 Å². The van der Waals surface area contributed by atoms with E-state index in [0.717, 1.165) is 39.4 Å². The molecule has 0 saturated heterocycles. The molecule has 32 heavy (non-hydrogen) atoms. The summed E-state index contributed by atoms with van der Waals surface area (Å²) in [7, 11) is 0. The Labute approximate surface area is 185 Å². The van der Waals surface area contributed by atoms with Crippen molar-refractivity contribution in [2.45, 2.75) is 33.2 Å². The maximum absolute atomic E-state index is 13.5. The van der Waals surface area contributed by atoms with Gasteiger partial charge in [-0.25, -0.2) is 4.39 Å². The van der Waals surface area contributed by atoms with E-state index in [1.807, 2.05) is 30.7 Å². The van der Waals surface area contributed by atoms with E-state index in [9.17, 15) is 9.18 Å². The zero-order chi connectivity index (χ0) is 22.5. The van der Waals surface area contributed by atoms with Gasteiger partial charge in [0.2, 0.25) is 5.91 Å². The number of nitrogens with one attached hydrogen (secondary N) is 1. The summed E-state index contributed by atoms with van der Waals surface area (Å²) < 4.78 is 20.5. The fourth-order valence-corrected chi connectivity index (χ4v) is 3.70. The molecule has 0 atom stereocenters. The van der Waals surface area contributed by atoms with Crippen LogP contribution in [0.2, 0.25) is 0 Å². The van der Waals surface area contributed by atoms with Crippen LogP contribution in [-0.2, 0) is 17.8 Å². The Morgan fingerprint density at radius 2 is 1.84 bits per heavy atom. The number of halogens is 1. The van der Waals surface area contributed by atoms with Crippen LogP contribution in [-0.4, -0.2) is 32.4 Å². The standard InChI is InChI=1S/C24H24FN5O2/c1-16-21(17(2)32-29-16)7-8-23(31)27-13-14-30-24(19-3-5-20(25)6-4-19)22(15-28-30)18-9-11-26-12-10-18/h3-6,9-12,15H,7-8,13-14H2,1-2H3,(H,27,31). The third kappa shape index (κ3) is 4.74. The van der Waals surface area contributed by atoms with E-state index in [0.29, 0.717) is 25.9 Å². The summed E-state index contributed by atoms with van der Waals surface area (Å²) in [5, 5.41) is 11.4. The SMILES string of the molecule is Cc1noc(C)c1CCC(=O)NCCn1ncc(-c2ccncc2)c1-c1ccc(F)cc1. The second kappa shape index (κ2) is 9.55. The van der Waals surface area contributed by atoms with Gasteiger partial charge in [-0.05, 0) is 62.2 Å². The summed E-state index contributed by atoms with van der Waals surface area (Å²) in [6.07, 6.45) is 6.17. The van der Waals surface area contributed by atoms with Gasteiger partial charge in [-0.3, -0.25) is 14.5 Å².